The lowest BCUT2D eigenvalue weighted by Gasteiger charge is -2.16. The van der Waals surface area contributed by atoms with E-state index in [0.29, 0.717) is 5.69 Å². The fourth-order valence-corrected chi connectivity index (χ4v) is 1.45. The van der Waals surface area contributed by atoms with Gasteiger partial charge in [-0.2, -0.15) is 0 Å². The maximum atomic E-state index is 11.6. The highest BCUT2D eigenvalue weighted by Gasteiger charge is 2.13. The molecule has 0 aliphatic carbocycles. The first-order valence-electron chi connectivity index (χ1n) is 5.50. The van der Waals surface area contributed by atoms with Crippen molar-refractivity contribution in [1.82, 2.24) is 4.90 Å². The zero-order valence-electron chi connectivity index (χ0n) is 10.4. The summed E-state index contributed by atoms with van der Waals surface area (Å²) in [6, 6.07) is 6.50. The number of carbonyl (C=O) groups is 3. The number of amides is 2. The number of rotatable bonds is 6. The van der Waals surface area contributed by atoms with E-state index in [-0.39, 0.29) is 18.7 Å². The smallest absolute Gasteiger partial charge is 0.323 e. The SMILES string of the molecule is CN(CC(=O)O)C(=O)CNc1ccccc1C(N)=O. The van der Waals surface area contributed by atoms with Gasteiger partial charge in [0.15, 0.2) is 0 Å². The lowest BCUT2D eigenvalue weighted by atomic mass is 10.1. The number of anilines is 1. The molecule has 4 N–H and O–H groups in total. The van der Waals surface area contributed by atoms with E-state index in [0.717, 1.165) is 4.90 Å². The van der Waals surface area contributed by atoms with Crippen LogP contribution in [0.25, 0.3) is 0 Å². The van der Waals surface area contributed by atoms with Gasteiger partial charge < -0.3 is 21.1 Å². The van der Waals surface area contributed by atoms with Crippen molar-refractivity contribution >= 4 is 23.5 Å². The molecule has 102 valence electrons. The third kappa shape index (κ3) is 4.30. The number of nitrogens with one attached hydrogen (secondary N) is 1. The normalized spacial score (nSPS) is 9.74. The molecule has 0 saturated heterocycles. The van der Waals surface area contributed by atoms with E-state index in [9.17, 15) is 14.4 Å². The lowest BCUT2D eigenvalue weighted by molar-refractivity contribution is -0.142. The number of carboxylic acid groups (broad SMARTS) is 1. The third-order valence-corrected chi connectivity index (χ3v) is 2.42. The predicted octanol–water partition coefficient (Wildman–Crippen LogP) is -0.260. The molecule has 0 radical (unpaired) electrons. The summed E-state index contributed by atoms with van der Waals surface area (Å²) in [6.07, 6.45) is 0. The molecule has 1 aromatic rings. The summed E-state index contributed by atoms with van der Waals surface area (Å²) < 4.78 is 0. The van der Waals surface area contributed by atoms with Crippen LogP contribution in [0.1, 0.15) is 10.4 Å². The molecular formula is C12H15N3O4. The van der Waals surface area contributed by atoms with Crippen LogP contribution >= 0.6 is 0 Å². The monoisotopic (exact) mass is 265 g/mol. The number of primary amides is 1. The van der Waals surface area contributed by atoms with Crippen molar-refractivity contribution in [3.05, 3.63) is 29.8 Å². The Labute approximate surface area is 110 Å². The Morgan fingerprint density at radius 2 is 1.95 bits per heavy atom. The third-order valence-electron chi connectivity index (χ3n) is 2.42. The van der Waals surface area contributed by atoms with Gasteiger partial charge in [0.05, 0.1) is 12.1 Å². The first kappa shape index (κ1) is 14.5. The Balaban J connectivity index is 2.64. The molecule has 19 heavy (non-hydrogen) atoms. The summed E-state index contributed by atoms with van der Waals surface area (Å²) in [7, 11) is 1.39. The van der Waals surface area contributed by atoms with Gasteiger partial charge in [-0.15, -0.1) is 0 Å². The molecule has 0 aliphatic heterocycles. The second kappa shape index (κ2) is 6.39. The number of para-hydroxylation sites is 1. The number of benzene rings is 1. The minimum Gasteiger partial charge on any atom is -0.480 e. The topological polar surface area (TPSA) is 113 Å². The maximum Gasteiger partial charge on any atom is 0.323 e. The molecule has 0 spiro atoms. The zero-order chi connectivity index (χ0) is 14.4. The molecule has 0 heterocycles. The maximum absolute atomic E-state index is 11.6. The van der Waals surface area contributed by atoms with Crippen LogP contribution in [0.5, 0.6) is 0 Å². The van der Waals surface area contributed by atoms with Crippen LogP contribution in [-0.4, -0.2) is 47.9 Å². The van der Waals surface area contributed by atoms with Crippen molar-refractivity contribution in [1.29, 1.82) is 0 Å². The average molecular weight is 265 g/mol. The van der Waals surface area contributed by atoms with Crippen molar-refractivity contribution in [3.8, 4) is 0 Å². The number of nitrogens with two attached hydrogens (primary N) is 1. The van der Waals surface area contributed by atoms with Gasteiger partial charge in [-0.25, -0.2) is 0 Å². The number of likely N-dealkylation sites (N-methyl/N-ethyl adjacent to an activating group) is 1. The van der Waals surface area contributed by atoms with Crippen molar-refractivity contribution in [2.75, 3.05) is 25.5 Å². The second-order valence-electron chi connectivity index (χ2n) is 3.91. The molecular weight excluding hydrogens is 250 g/mol. The van der Waals surface area contributed by atoms with E-state index in [2.05, 4.69) is 5.32 Å². The van der Waals surface area contributed by atoms with Crippen LogP contribution < -0.4 is 11.1 Å². The van der Waals surface area contributed by atoms with Gasteiger partial charge in [-0.3, -0.25) is 14.4 Å². The number of aliphatic carboxylic acids is 1. The number of nitrogens with zero attached hydrogens (tertiary/aromatic N) is 1. The van der Waals surface area contributed by atoms with Crippen LogP contribution in [0, 0.1) is 0 Å². The summed E-state index contributed by atoms with van der Waals surface area (Å²) in [6.45, 7) is -0.494. The highest BCUT2D eigenvalue weighted by atomic mass is 16.4. The first-order chi connectivity index (χ1) is 8.91. The van der Waals surface area contributed by atoms with Gasteiger partial charge in [-0.1, -0.05) is 12.1 Å². The Kier molecular flexibility index (Phi) is 4.87. The number of hydrogen-bond donors (Lipinski definition) is 3. The Hall–Kier alpha value is -2.57. The molecule has 0 aliphatic rings. The zero-order valence-corrected chi connectivity index (χ0v) is 10.4. The van der Waals surface area contributed by atoms with E-state index in [4.69, 9.17) is 10.8 Å². The molecule has 0 fully saturated rings. The summed E-state index contributed by atoms with van der Waals surface area (Å²) in [5, 5.41) is 11.3. The number of carboxylic acids is 1. The standard InChI is InChI=1S/C12H15N3O4/c1-15(7-11(17)18)10(16)6-14-9-5-3-2-4-8(9)12(13)19/h2-5,14H,6-7H2,1H3,(H2,13,19)(H,17,18). The number of carbonyl (C=O) groups excluding carboxylic acids is 2. The molecule has 0 atom stereocenters. The van der Waals surface area contributed by atoms with Crippen LogP contribution in [-0.2, 0) is 9.59 Å². The summed E-state index contributed by atoms with van der Waals surface area (Å²) in [4.78, 5) is 34.3. The molecule has 0 saturated carbocycles. The van der Waals surface area contributed by atoms with Crippen molar-refractivity contribution < 1.29 is 19.5 Å². The van der Waals surface area contributed by atoms with E-state index >= 15 is 0 Å². The minimum absolute atomic E-state index is 0.117. The van der Waals surface area contributed by atoms with Crippen LogP contribution in [0.3, 0.4) is 0 Å². The van der Waals surface area contributed by atoms with E-state index in [1.54, 1.807) is 18.2 Å². The van der Waals surface area contributed by atoms with E-state index < -0.39 is 17.8 Å². The molecule has 1 aromatic carbocycles. The van der Waals surface area contributed by atoms with Gasteiger partial charge >= 0.3 is 5.97 Å². The average Bonchev–Trinajstić information content (AvgIpc) is 2.35. The Bertz CT molecular complexity index is 502. The number of hydrogen-bond acceptors (Lipinski definition) is 4. The fraction of sp³-hybridized carbons (Fsp3) is 0.250. The highest BCUT2D eigenvalue weighted by molar-refractivity contribution is 5.99. The molecule has 2 amide bonds. The van der Waals surface area contributed by atoms with Gasteiger partial charge in [0, 0.05) is 12.7 Å². The van der Waals surface area contributed by atoms with Crippen LogP contribution in [0.2, 0.25) is 0 Å². The largest absolute Gasteiger partial charge is 0.480 e. The Morgan fingerprint density at radius 3 is 2.53 bits per heavy atom. The van der Waals surface area contributed by atoms with Gasteiger partial charge in [-0.05, 0) is 12.1 Å². The van der Waals surface area contributed by atoms with Crippen molar-refractivity contribution in [2.24, 2.45) is 5.73 Å². The fourth-order valence-electron chi connectivity index (χ4n) is 1.45. The van der Waals surface area contributed by atoms with Gasteiger partial charge in [0.2, 0.25) is 5.91 Å². The lowest BCUT2D eigenvalue weighted by Crippen LogP contribution is -2.36. The minimum atomic E-state index is -1.09. The van der Waals surface area contributed by atoms with Gasteiger partial charge in [0.1, 0.15) is 6.54 Å². The molecule has 7 nitrogen and oxygen atoms in total. The second-order valence-corrected chi connectivity index (χ2v) is 3.91. The van der Waals surface area contributed by atoms with Crippen molar-refractivity contribution in [2.45, 2.75) is 0 Å². The Morgan fingerprint density at radius 1 is 1.32 bits per heavy atom. The van der Waals surface area contributed by atoms with E-state index in [1.807, 2.05) is 0 Å². The molecule has 0 bridgehead atoms. The van der Waals surface area contributed by atoms with Gasteiger partial charge in [0.25, 0.3) is 5.91 Å². The van der Waals surface area contributed by atoms with Crippen LogP contribution in [0.4, 0.5) is 5.69 Å². The predicted molar refractivity (Wildman–Crippen MR) is 68.7 cm³/mol. The van der Waals surface area contributed by atoms with Crippen molar-refractivity contribution in [3.63, 3.8) is 0 Å². The molecule has 0 aromatic heterocycles. The molecule has 7 heteroatoms. The summed E-state index contributed by atoms with van der Waals surface area (Å²) >= 11 is 0. The molecule has 0 unspecified atom stereocenters. The molecule has 1 rings (SSSR count). The summed E-state index contributed by atoms with van der Waals surface area (Å²) in [5.41, 5.74) is 5.91. The van der Waals surface area contributed by atoms with E-state index in [1.165, 1.54) is 13.1 Å². The first-order valence-corrected chi connectivity index (χ1v) is 5.50. The quantitative estimate of drug-likeness (QED) is 0.656. The van der Waals surface area contributed by atoms with Crippen LogP contribution in [0.15, 0.2) is 24.3 Å². The highest BCUT2D eigenvalue weighted by Crippen LogP contribution is 2.13. The summed E-state index contributed by atoms with van der Waals surface area (Å²) in [5.74, 6) is -2.09.